The maximum atomic E-state index is 12.2. The van der Waals surface area contributed by atoms with E-state index in [-0.39, 0.29) is 23.1 Å². The lowest BCUT2D eigenvalue weighted by Crippen LogP contribution is -2.50. The summed E-state index contributed by atoms with van der Waals surface area (Å²) in [5.41, 5.74) is 6.77. The summed E-state index contributed by atoms with van der Waals surface area (Å²) in [5.74, 6) is 0.709. The fourth-order valence-corrected chi connectivity index (χ4v) is 5.87. The number of ether oxygens (including phenoxy) is 2. The number of carbonyl (C=O) groups excluding carboxylic acids is 2. The zero-order valence-corrected chi connectivity index (χ0v) is 34.7. The molecule has 2 aliphatic heterocycles. The Morgan fingerprint density at radius 3 is 1.53 bits per heavy atom. The molecule has 300 valence electrons. The molecule has 2 saturated heterocycles. The van der Waals surface area contributed by atoms with Crippen molar-refractivity contribution in [2.75, 3.05) is 57.3 Å². The molecule has 55 heavy (non-hydrogen) atoms. The Kier molecular flexibility index (Phi) is 14.9. The summed E-state index contributed by atoms with van der Waals surface area (Å²) >= 11 is 5.77. The summed E-state index contributed by atoms with van der Waals surface area (Å²) in [7, 11) is 0. The minimum Gasteiger partial charge on any atom is -0.444 e. The Balaban J connectivity index is 0.000000202. The van der Waals surface area contributed by atoms with Crippen molar-refractivity contribution in [2.45, 2.75) is 93.3 Å². The first-order valence-electron chi connectivity index (χ1n) is 18.6. The van der Waals surface area contributed by atoms with Crippen LogP contribution < -0.4 is 10.2 Å². The van der Waals surface area contributed by atoms with Crippen molar-refractivity contribution in [1.82, 2.24) is 55.4 Å². The van der Waals surface area contributed by atoms with Crippen molar-refractivity contribution in [2.24, 2.45) is 0 Å². The van der Waals surface area contributed by atoms with E-state index in [2.05, 4.69) is 45.6 Å². The average molecular weight is 781 g/mol. The van der Waals surface area contributed by atoms with E-state index in [1.807, 2.05) is 93.5 Å². The molecule has 0 radical (unpaired) electrons. The van der Waals surface area contributed by atoms with Crippen LogP contribution in [0.2, 0.25) is 5.28 Å². The van der Waals surface area contributed by atoms with Crippen LogP contribution in [0.4, 0.5) is 15.5 Å². The van der Waals surface area contributed by atoms with Crippen LogP contribution in [0.15, 0.2) is 24.3 Å². The van der Waals surface area contributed by atoms with Gasteiger partial charge in [0.25, 0.3) is 0 Å². The molecule has 4 aromatic rings. The minimum absolute atomic E-state index is 0.200. The van der Waals surface area contributed by atoms with Crippen LogP contribution in [0.25, 0.3) is 0 Å². The Bertz CT molecular complexity index is 1830. The lowest BCUT2D eigenvalue weighted by Gasteiger charge is -2.35. The van der Waals surface area contributed by atoms with Gasteiger partial charge in [0.1, 0.15) is 11.2 Å². The van der Waals surface area contributed by atoms with Crippen molar-refractivity contribution >= 4 is 29.7 Å². The Morgan fingerprint density at radius 1 is 0.636 bits per heavy atom. The highest BCUT2D eigenvalue weighted by atomic mass is 35.5. The molecule has 4 aromatic heterocycles. The van der Waals surface area contributed by atoms with Crippen molar-refractivity contribution in [3.8, 4) is 0 Å². The highest BCUT2D eigenvalue weighted by Gasteiger charge is 2.27. The molecular weight excluding hydrogens is 724 g/mol. The molecule has 16 nitrogen and oxygen atoms in total. The topological polar surface area (TPSA) is 183 Å². The van der Waals surface area contributed by atoms with Gasteiger partial charge >= 0.3 is 12.2 Å². The molecular formula is C38H57ClN12O4. The number of aromatic nitrogens is 8. The number of carbonyl (C=O) groups is 2. The summed E-state index contributed by atoms with van der Waals surface area (Å²) in [6.07, 6.45) is 0.877. The van der Waals surface area contributed by atoms with E-state index < -0.39 is 5.60 Å². The molecule has 3 N–H and O–H groups in total. The number of piperazine rings is 2. The molecule has 6 heterocycles. The van der Waals surface area contributed by atoms with Crippen LogP contribution in [-0.4, -0.2) is 126 Å². The van der Waals surface area contributed by atoms with Crippen molar-refractivity contribution < 1.29 is 19.1 Å². The molecule has 2 fully saturated rings. The summed E-state index contributed by atoms with van der Waals surface area (Å²) in [6, 6.07) is 7.92. The van der Waals surface area contributed by atoms with Gasteiger partial charge in [-0.25, -0.2) is 29.5 Å². The Morgan fingerprint density at radius 2 is 1.09 bits per heavy atom. The third-order valence-electron chi connectivity index (χ3n) is 8.00. The monoisotopic (exact) mass is 780 g/mol. The van der Waals surface area contributed by atoms with Gasteiger partial charge in [-0.15, -0.1) is 0 Å². The van der Waals surface area contributed by atoms with Gasteiger partial charge < -0.3 is 29.5 Å². The molecule has 6 rings (SSSR count). The van der Waals surface area contributed by atoms with Gasteiger partial charge in [-0.05, 0) is 105 Å². The lowest BCUT2D eigenvalue weighted by atomic mass is 10.2. The van der Waals surface area contributed by atoms with Gasteiger partial charge in [0.05, 0.1) is 22.8 Å². The smallest absolute Gasteiger partial charge is 0.410 e. The fourth-order valence-electron chi connectivity index (χ4n) is 5.62. The van der Waals surface area contributed by atoms with E-state index in [1.54, 1.807) is 9.80 Å². The van der Waals surface area contributed by atoms with E-state index in [0.717, 1.165) is 71.7 Å². The van der Waals surface area contributed by atoms with Crippen LogP contribution >= 0.6 is 11.6 Å². The van der Waals surface area contributed by atoms with Crippen LogP contribution in [0.3, 0.4) is 0 Å². The van der Waals surface area contributed by atoms with E-state index in [0.29, 0.717) is 45.0 Å². The lowest BCUT2D eigenvalue weighted by molar-refractivity contribution is 0.0223. The molecule has 0 saturated carbocycles. The highest BCUT2D eigenvalue weighted by molar-refractivity contribution is 6.28. The first-order valence-corrected chi connectivity index (χ1v) is 19.0. The number of H-pyrrole nitrogens is 2. The molecule has 2 aliphatic rings. The average Bonchev–Trinajstić information content (AvgIpc) is 3.69. The van der Waals surface area contributed by atoms with Crippen LogP contribution in [0.5, 0.6) is 0 Å². The number of halogens is 1. The number of anilines is 1. The summed E-state index contributed by atoms with van der Waals surface area (Å²) in [5, 5.41) is 17.7. The zero-order chi connectivity index (χ0) is 40.3. The predicted octanol–water partition coefficient (Wildman–Crippen LogP) is 5.35. The number of aryl methyl sites for hydroxylation is 4. The minimum atomic E-state index is -0.479. The van der Waals surface area contributed by atoms with Crippen LogP contribution in [-0.2, 0) is 22.3 Å². The van der Waals surface area contributed by atoms with E-state index in [4.69, 9.17) is 26.1 Å². The van der Waals surface area contributed by atoms with Crippen molar-refractivity contribution in [3.63, 3.8) is 0 Å². The second kappa shape index (κ2) is 19.2. The van der Waals surface area contributed by atoms with Gasteiger partial charge in [-0.1, -0.05) is 0 Å². The van der Waals surface area contributed by atoms with Crippen LogP contribution in [0.1, 0.15) is 87.1 Å². The molecule has 0 atom stereocenters. The van der Waals surface area contributed by atoms with E-state index in [1.165, 1.54) is 0 Å². The number of rotatable bonds is 5. The SMILES string of the molecule is CC(C)(C)OC(=O)N1CCNCC1.Cc1cc(Cc2cc(C)[nH]n2)nc(Cl)n1.Cc1cc(Cc2cc(C)[nH]n2)nc(N2CCN(C(=O)OC(C)(C)C)CC2)n1. The maximum Gasteiger partial charge on any atom is 0.410 e. The standard InChI is InChI=1S/C19H28N6O2.C10H11ClN4.C9H18N2O2/c1-13-10-15(12-16-11-14(2)22-23-16)21-17(20-13)24-6-8-25(9-7-24)18(26)27-19(3,4)5;1-6-3-8(13-10(11)12-6)5-9-4-7(2)14-15-9;1-9(2,3)13-8(12)11-6-4-10-5-7-11/h10-11H,6-9,12H2,1-5H3,(H,22,23);3-4H,5H2,1-2H3,(H,14,15);10H,4-7H2,1-3H3. The van der Waals surface area contributed by atoms with E-state index in [9.17, 15) is 9.59 Å². The summed E-state index contributed by atoms with van der Waals surface area (Å²) in [6.45, 7) is 24.9. The van der Waals surface area contributed by atoms with Gasteiger partial charge in [0.2, 0.25) is 11.2 Å². The van der Waals surface area contributed by atoms with Crippen molar-refractivity contribution in [1.29, 1.82) is 0 Å². The first-order chi connectivity index (χ1) is 25.8. The molecule has 0 spiro atoms. The molecule has 0 aliphatic carbocycles. The number of hydrogen-bond donors (Lipinski definition) is 3. The molecule has 0 aromatic carbocycles. The number of amides is 2. The molecule has 17 heteroatoms. The quantitative estimate of drug-likeness (QED) is 0.221. The number of hydrogen-bond acceptors (Lipinski definition) is 12. The third kappa shape index (κ3) is 15.1. The number of nitrogens with zero attached hydrogens (tertiary/aromatic N) is 9. The van der Waals surface area contributed by atoms with Crippen molar-refractivity contribution in [3.05, 3.63) is 75.1 Å². The van der Waals surface area contributed by atoms with Gasteiger partial charge in [0.15, 0.2) is 0 Å². The Hall–Kier alpha value is -4.83. The largest absolute Gasteiger partial charge is 0.444 e. The van der Waals surface area contributed by atoms with Gasteiger partial charge in [0, 0.05) is 88.0 Å². The fraction of sp³-hybridized carbons (Fsp3) is 0.579. The van der Waals surface area contributed by atoms with Crippen LogP contribution in [0, 0.1) is 27.7 Å². The summed E-state index contributed by atoms with van der Waals surface area (Å²) < 4.78 is 10.7. The predicted molar refractivity (Wildman–Crippen MR) is 212 cm³/mol. The summed E-state index contributed by atoms with van der Waals surface area (Å²) in [4.78, 5) is 46.8. The van der Waals surface area contributed by atoms with E-state index >= 15 is 0 Å². The van der Waals surface area contributed by atoms with Gasteiger partial charge in [-0.2, -0.15) is 10.2 Å². The van der Waals surface area contributed by atoms with Gasteiger partial charge in [-0.3, -0.25) is 10.2 Å². The maximum absolute atomic E-state index is 12.2. The second-order valence-electron chi connectivity index (χ2n) is 15.7. The molecule has 0 unspecified atom stereocenters. The number of aromatic amines is 2. The first kappa shape index (κ1) is 42.9. The highest BCUT2D eigenvalue weighted by Crippen LogP contribution is 2.18. The normalized spacial score (nSPS) is 14.7. The second-order valence-corrected chi connectivity index (χ2v) is 16.0. The number of nitrogens with one attached hydrogen (secondary N) is 3. The zero-order valence-electron chi connectivity index (χ0n) is 33.9. The third-order valence-corrected chi connectivity index (χ3v) is 8.17. The molecule has 0 bridgehead atoms. The Labute approximate surface area is 329 Å². The molecule has 2 amide bonds.